The van der Waals surface area contributed by atoms with Gasteiger partial charge >= 0.3 is 0 Å². The number of hydrogen-bond donors (Lipinski definition) is 1. The molecule has 5 heteroatoms. The molecule has 1 N–H and O–H groups in total. The summed E-state index contributed by atoms with van der Waals surface area (Å²) >= 11 is 1.52. The number of amides is 1. The molecule has 0 saturated carbocycles. The third-order valence-electron chi connectivity index (χ3n) is 1.44. The van der Waals surface area contributed by atoms with Gasteiger partial charge in [-0.25, -0.2) is 4.98 Å². The first kappa shape index (κ1) is 8.00. The van der Waals surface area contributed by atoms with Crippen LogP contribution in [-0.4, -0.2) is 10.9 Å². The van der Waals surface area contributed by atoms with Crippen molar-refractivity contribution in [2.75, 3.05) is 5.32 Å². The van der Waals surface area contributed by atoms with Gasteiger partial charge in [0.25, 0.3) is 5.91 Å². The molecule has 0 saturated heterocycles. The fourth-order valence-electron chi connectivity index (χ4n) is 0.855. The molecule has 1 amide bonds. The highest BCUT2D eigenvalue weighted by Gasteiger charge is 2.08. The van der Waals surface area contributed by atoms with Gasteiger partial charge in [-0.3, -0.25) is 4.79 Å². The van der Waals surface area contributed by atoms with Gasteiger partial charge in [-0.1, -0.05) is 0 Å². The number of thiophene rings is 1. The predicted octanol–water partition coefficient (Wildman–Crippen LogP) is 1.99. The SMILES string of the molecule is O=C(Nc1ccsc1)c1cocn1. The Labute approximate surface area is 78.2 Å². The van der Waals surface area contributed by atoms with E-state index in [1.54, 1.807) is 0 Å². The molecule has 0 aliphatic carbocycles. The summed E-state index contributed by atoms with van der Waals surface area (Å²) in [6.45, 7) is 0. The van der Waals surface area contributed by atoms with Gasteiger partial charge in [-0.2, -0.15) is 11.3 Å². The highest BCUT2D eigenvalue weighted by molar-refractivity contribution is 7.08. The van der Waals surface area contributed by atoms with E-state index in [2.05, 4.69) is 14.7 Å². The largest absolute Gasteiger partial charge is 0.451 e. The minimum Gasteiger partial charge on any atom is -0.451 e. The van der Waals surface area contributed by atoms with Crippen LogP contribution in [0.3, 0.4) is 0 Å². The van der Waals surface area contributed by atoms with E-state index >= 15 is 0 Å². The minimum atomic E-state index is -0.257. The molecule has 4 nitrogen and oxygen atoms in total. The molecule has 0 unspecified atom stereocenters. The molecule has 0 aliphatic rings. The van der Waals surface area contributed by atoms with Crippen LogP contribution in [0.25, 0.3) is 0 Å². The average Bonchev–Trinajstić information content (AvgIpc) is 2.74. The van der Waals surface area contributed by atoms with Crippen LogP contribution in [0.2, 0.25) is 0 Å². The van der Waals surface area contributed by atoms with E-state index in [0.29, 0.717) is 0 Å². The molecule has 66 valence electrons. The van der Waals surface area contributed by atoms with Gasteiger partial charge in [-0.15, -0.1) is 0 Å². The second-order valence-corrected chi connectivity index (χ2v) is 3.12. The maximum absolute atomic E-state index is 11.3. The number of aromatic nitrogens is 1. The first-order valence-corrected chi connectivity index (χ1v) is 4.52. The van der Waals surface area contributed by atoms with Crippen molar-refractivity contribution in [3.05, 3.63) is 35.2 Å². The lowest BCUT2D eigenvalue weighted by Crippen LogP contribution is -2.11. The van der Waals surface area contributed by atoms with Gasteiger partial charge in [0.05, 0.1) is 5.69 Å². The predicted molar refractivity (Wildman–Crippen MR) is 48.8 cm³/mol. The first-order valence-electron chi connectivity index (χ1n) is 3.58. The van der Waals surface area contributed by atoms with Crippen molar-refractivity contribution in [2.24, 2.45) is 0 Å². The van der Waals surface area contributed by atoms with Crippen molar-refractivity contribution in [1.82, 2.24) is 4.98 Å². The molecular formula is C8H6N2O2S. The summed E-state index contributed by atoms with van der Waals surface area (Å²) in [5, 5.41) is 6.41. The van der Waals surface area contributed by atoms with Crippen molar-refractivity contribution in [3.8, 4) is 0 Å². The zero-order chi connectivity index (χ0) is 9.10. The second kappa shape index (κ2) is 3.40. The summed E-state index contributed by atoms with van der Waals surface area (Å²) < 4.78 is 4.69. The van der Waals surface area contributed by atoms with Gasteiger partial charge in [0.1, 0.15) is 6.26 Å². The molecule has 0 fully saturated rings. The van der Waals surface area contributed by atoms with E-state index in [4.69, 9.17) is 0 Å². The molecule has 0 atom stereocenters. The maximum Gasteiger partial charge on any atom is 0.277 e. The number of rotatable bonds is 2. The lowest BCUT2D eigenvalue weighted by atomic mass is 10.4. The highest BCUT2D eigenvalue weighted by atomic mass is 32.1. The molecular weight excluding hydrogens is 188 g/mol. The first-order chi connectivity index (χ1) is 6.36. The van der Waals surface area contributed by atoms with Crippen LogP contribution in [-0.2, 0) is 0 Å². The van der Waals surface area contributed by atoms with E-state index in [-0.39, 0.29) is 11.6 Å². The molecule has 0 aliphatic heterocycles. The number of oxazole rings is 1. The fourth-order valence-corrected chi connectivity index (χ4v) is 1.44. The summed E-state index contributed by atoms with van der Waals surface area (Å²) in [7, 11) is 0. The van der Waals surface area contributed by atoms with Gasteiger partial charge in [0, 0.05) is 5.38 Å². The monoisotopic (exact) mass is 194 g/mol. The van der Waals surface area contributed by atoms with E-state index in [1.165, 1.54) is 24.0 Å². The van der Waals surface area contributed by atoms with Crippen molar-refractivity contribution in [1.29, 1.82) is 0 Å². The normalized spacial score (nSPS) is 9.85. The fraction of sp³-hybridized carbons (Fsp3) is 0. The Morgan fingerprint density at radius 2 is 2.54 bits per heavy atom. The molecule has 0 aromatic carbocycles. The standard InChI is InChI=1S/C8H6N2O2S/c11-8(7-3-12-5-9-7)10-6-1-2-13-4-6/h1-5H,(H,10,11). The minimum absolute atomic E-state index is 0.257. The number of nitrogens with one attached hydrogen (secondary N) is 1. The molecule has 0 radical (unpaired) electrons. The topological polar surface area (TPSA) is 55.1 Å². The van der Waals surface area contributed by atoms with Crippen LogP contribution in [0.4, 0.5) is 5.69 Å². The summed E-state index contributed by atoms with van der Waals surface area (Å²) in [5.74, 6) is -0.257. The Hall–Kier alpha value is -1.62. The number of hydrogen-bond acceptors (Lipinski definition) is 4. The number of carbonyl (C=O) groups is 1. The van der Waals surface area contributed by atoms with Crippen LogP contribution >= 0.6 is 11.3 Å². The van der Waals surface area contributed by atoms with E-state index < -0.39 is 0 Å². The summed E-state index contributed by atoms with van der Waals surface area (Å²) in [5.41, 5.74) is 1.06. The maximum atomic E-state index is 11.3. The third-order valence-corrected chi connectivity index (χ3v) is 2.13. The van der Waals surface area contributed by atoms with Crippen LogP contribution in [0, 0.1) is 0 Å². The van der Waals surface area contributed by atoms with E-state index in [9.17, 15) is 4.79 Å². The number of carbonyl (C=O) groups excluding carboxylic acids is 1. The molecule has 2 aromatic heterocycles. The molecule has 0 spiro atoms. The Morgan fingerprint density at radius 1 is 1.62 bits per heavy atom. The van der Waals surface area contributed by atoms with Crippen molar-refractivity contribution >= 4 is 22.9 Å². The molecule has 13 heavy (non-hydrogen) atoms. The lowest BCUT2D eigenvalue weighted by molar-refractivity contribution is 0.102. The van der Waals surface area contributed by atoms with Crippen molar-refractivity contribution in [3.63, 3.8) is 0 Å². The highest BCUT2D eigenvalue weighted by Crippen LogP contribution is 2.12. The van der Waals surface area contributed by atoms with Gasteiger partial charge in [0.2, 0.25) is 0 Å². The molecule has 2 heterocycles. The quantitative estimate of drug-likeness (QED) is 0.795. The Bertz CT molecular complexity index is 380. The van der Waals surface area contributed by atoms with Crippen LogP contribution in [0.1, 0.15) is 10.5 Å². The average molecular weight is 194 g/mol. The Balaban J connectivity index is 2.08. The van der Waals surface area contributed by atoms with Crippen LogP contribution in [0.5, 0.6) is 0 Å². The van der Waals surface area contributed by atoms with Crippen LogP contribution in [0.15, 0.2) is 33.9 Å². The van der Waals surface area contributed by atoms with E-state index in [0.717, 1.165) is 5.69 Å². The zero-order valence-electron chi connectivity index (χ0n) is 6.56. The number of anilines is 1. The summed E-state index contributed by atoms with van der Waals surface area (Å²) in [6.07, 6.45) is 2.53. The molecule has 2 aromatic rings. The van der Waals surface area contributed by atoms with Gasteiger partial charge in [0.15, 0.2) is 12.1 Å². The number of nitrogens with zero attached hydrogens (tertiary/aromatic N) is 1. The molecule has 0 bridgehead atoms. The smallest absolute Gasteiger partial charge is 0.277 e. The van der Waals surface area contributed by atoms with E-state index in [1.807, 2.05) is 16.8 Å². The van der Waals surface area contributed by atoms with Crippen molar-refractivity contribution < 1.29 is 9.21 Å². The van der Waals surface area contributed by atoms with Gasteiger partial charge < -0.3 is 9.73 Å². The lowest BCUT2D eigenvalue weighted by Gasteiger charge is -1.96. The van der Waals surface area contributed by atoms with Crippen LogP contribution < -0.4 is 5.32 Å². The summed E-state index contributed by atoms with van der Waals surface area (Å²) in [4.78, 5) is 15.1. The Morgan fingerprint density at radius 3 is 3.15 bits per heavy atom. The second-order valence-electron chi connectivity index (χ2n) is 2.34. The van der Waals surface area contributed by atoms with Gasteiger partial charge in [-0.05, 0) is 11.4 Å². The zero-order valence-corrected chi connectivity index (χ0v) is 7.38. The summed E-state index contributed by atoms with van der Waals surface area (Å²) in [6, 6.07) is 1.82. The Kier molecular flexibility index (Phi) is 2.09. The third kappa shape index (κ3) is 1.75. The molecule has 2 rings (SSSR count). The van der Waals surface area contributed by atoms with Crippen molar-refractivity contribution in [2.45, 2.75) is 0 Å².